The van der Waals surface area contributed by atoms with E-state index in [0.717, 1.165) is 11.4 Å². The minimum atomic E-state index is -0.541. The first kappa shape index (κ1) is 16.4. The van der Waals surface area contributed by atoms with E-state index in [1.54, 1.807) is 35.9 Å². The predicted molar refractivity (Wildman–Crippen MR) is 96.0 cm³/mol. The van der Waals surface area contributed by atoms with Crippen molar-refractivity contribution in [1.82, 2.24) is 9.78 Å². The van der Waals surface area contributed by atoms with E-state index in [4.69, 9.17) is 5.73 Å². The monoisotopic (exact) mass is 334 g/mol. The highest BCUT2D eigenvalue weighted by Crippen LogP contribution is 2.20. The highest BCUT2D eigenvalue weighted by molar-refractivity contribution is 6.06. The number of carbonyl (C=O) groups is 2. The zero-order chi connectivity index (χ0) is 18.0. The first-order chi connectivity index (χ1) is 12.0. The summed E-state index contributed by atoms with van der Waals surface area (Å²) in [5.41, 5.74) is 8.89. The van der Waals surface area contributed by atoms with Crippen LogP contribution in [0.4, 0.5) is 5.69 Å². The zero-order valence-corrected chi connectivity index (χ0v) is 14.0. The van der Waals surface area contributed by atoms with Gasteiger partial charge in [0.2, 0.25) is 5.91 Å². The summed E-state index contributed by atoms with van der Waals surface area (Å²) < 4.78 is 1.74. The van der Waals surface area contributed by atoms with Gasteiger partial charge in [0, 0.05) is 11.3 Å². The topological polar surface area (TPSA) is 90.0 Å². The molecule has 0 aliphatic heterocycles. The van der Waals surface area contributed by atoms with Crippen LogP contribution in [0.2, 0.25) is 0 Å². The maximum Gasteiger partial charge on any atom is 0.259 e. The highest BCUT2D eigenvalue weighted by atomic mass is 16.2. The standard InChI is InChI=1S/C19H18N4O2/c1-12-17(13(2)23(22-12)16-9-4-3-5-10-16)19(25)21-15-8-6-7-14(11-15)18(20)24/h3-11H,1-2H3,(H2,20,24)(H,21,25). The number of aromatic nitrogens is 2. The van der Waals surface area contributed by atoms with Gasteiger partial charge in [-0.3, -0.25) is 9.59 Å². The molecule has 0 saturated heterocycles. The van der Waals surface area contributed by atoms with E-state index < -0.39 is 5.91 Å². The van der Waals surface area contributed by atoms with Gasteiger partial charge >= 0.3 is 0 Å². The summed E-state index contributed by atoms with van der Waals surface area (Å²) >= 11 is 0. The molecule has 0 aliphatic rings. The lowest BCUT2D eigenvalue weighted by Gasteiger charge is -2.07. The molecule has 126 valence electrons. The van der Waals surface area contributed by atoms with Crippen LogP contribution in [0.15, 0.2) is 54.6 Å². The normalized spacial score (nSPS) is 10.5. The first-order valence-electron chi connectivity index (χ1n) is 7.80. The minimum Gasteiger partial charge on any atom is -0.366 e. The molecule has 0 spiro atoms. The van der Waals surface area contributed by atoms with Crippen molar-refractivity contribution in [2.45, 2.75) is 13.8 Å². The van der Waals surface area contributed by atoms with Crippen LogP contribution >= 0.6 is 0 Å². The van der Waals surface area contributed by atoms with Gasteiger partial charge in [-0.25, -0.2) is 4.68 Å². The van der Waals surface area contributed by atoms with Crippen molar-refractivity contribution >= 4 is 17.5 Å². The van der Waals surface area contributed by atoms with Crippen molar-refractivity contribution in [3.8, 4) is 5.69 Å². The third-order valence-electron chi connectivity index (χ3n) is 3.92. The maximum atomic E-state index is 12.7. The van der Waals surface area contributed by atoms with E-state index >= 15 is 0 Å². The maximum absolute atomic E-state index is 12.7. The van der Waals surface area contributed by atoms with Crippen LogP contribution in [0.3, 0.4) is 0 Å². The smallest absolute Gasteiger partial charge is 0.259 e. The van der Waals surface area contributed by atoms with Gasteiger partial charge in [-0.05, 0) is 44.2 Å². The highest BCUT2D eigenvalue weighted by Gasteiger charge is 2.19. The van der Waals surface area contributed by atoms with Gasteiger partial charge in [0.25, 0.3) is 5.91 Å². The van der Waals surface area contributed by atoms with Gasteiger partial charge in [0.05, 0.1) is 22.6 Å². The second-order valence-electron chi connectivity index (χ2n) is 5.69. The number of nitrogens with zero attached hydrogens (tertiary/aromatic N) is 2. The molecule has 0 unspecified atom stereocenters. The molecule has 1 heterocycles. The van der Waals surface area contributed by atoms with Crippen molar-refractivity contribution in [2.24, 2.45) is 5.73 Å². The van der Waals surface area contributed by atoms with Gasteiger partial charge in [-0.1, -0.05) is 24.3 Å². The van der Waals surface area contributed by atoms with Crippen molar-refractivity contribution in [2.75, 3.05) is 5.32 Å². The molecule has 6 nitrogen and oxygen atoms in total. The Bertz CT molecular complexity index is 945. The molecule has 0 fully saturated rings. The van der Waals surface area contributed by atoms with Crippen LogP contribution in [0.5, 0.6) is 0 Å². The van der Waals surface area contributed by atoms with Crippen molar-refractivity contribution in [1.29, 1.82) is 0 Å². The summed E-state index contributed by atoms with van der Waals surface area (Å²) in [6, 6.07) is 16.1. The van der Waals surface area contributed by atoms with E-state index in [-0.39, 0.29) is 5.91 Å². The van der Waals surface area contributed by atoms with E-state index in [1.165, 1.54) is 0 Å². The van der Waals surface area contributed by atoms with Gasteiger partial charge < -0.3 is 11.1 Å². The SMILES string of the molecule is Cc1nn(-c2ccccc2)c(C)c1C(=O)Nc1cccc(C(N)=O)c1. The lowest BCUT2D eigenvalue weighted by atomic mass is 10.1. The van der Waals surface area contributed by atoms with E-state index in [9.17, 15) is 9.59 Å². The number of rotatable bonds is 4. The van der Waals surface area contributed by atoms with Crippen LogP contribution in [0.1, 0.15) is 32.1 Å². The number of para-hydroxylation sites is 1. The molecular formula is C19H18N4O2. The lowest BCUT2D eigenvalue weighted by Crippen LogP contribution is -2.15. The molecule has 0 bridgehead atoms. The van der Waals surface area contributed by atoms with Crippen molar-refractivity contribution < 1.29 is 9.59 Å². The predicted octanol–water partition coefficient (Wildman–Crippen LogP) is 2.84. The number of aryl methyl sites for hydroxylation is 1. The van der Waals surface area contributed by atoms with Crippen LogP contribution in [-0.4, -0.2) is 21.6 Å². The molecule has 0 radical (unpaired) electrons. The average molecular weight is 334 g/mol. The van der Waals surface area contributed by atoms with Gasteiger partial charge in [-0.15, -0.1) is 0 Å². The summed E-state index contributed by atoms with van der Waals surface area (Å²) in [7, 11) is 0. The summed E-state index contributed by atoms with van der Waals surface area (Å²) in [5.74, 6) is -0.820. The molecular weight excluding hydrogens is 316 g/mol. The summed E-state index contributed by atoms with van der Waals surface area (Å²) in [6.07, 6.45) is 0. The average Bonchev–Trinajstić information content (AvgIpc) is 2.90. The Balaban J connectivity index is 1.92. The Morgan fingerprint density at radius 3 is 2.44 bits per heavy atom. The van der Waals surface area contributed by atoms with E-state index in [0.29, 0.717) is 22.5 Å². The number of carbonyl (C=O) groups excluding carboxylic acids is 2. The Hall–Kier alpha value is -3.41. The summed E-state index contributed by atoms with van der Waals surface area (Å²) in [4.78, 5) is 24.0. The number of amides is 2. The zero-order valence-electron chi connectivity index (χ0n) is 14.0. The number of primary amides is 1. The molecule has 6 heteroatoms. The Labute approximate surface area is 145 Å². The van der Waals surface area contributed by atoms with Gasteiger partial charge in [-0.2, -0.15) is 5.10 Å². The molecule has 0 aliphatic carbocycles. The van der Waals surface area contributed by atoms with Crippen LogP contribution in [0, 0.1) is 13.8 Å². The van der Waals surface area contributed by atoms with Crippen molar-refractivity contribution in [3.63, 3.8) is 0 Å². The largest absolute Gasteiger partial charge is 0.366 e. The molecule has 0 saturated carbocycles. The molecule has 25 heavy (non-hydrogen) atoms. The second kappa shape index (κ2) is 6.60. The fourth-order valence-corrected chi connectivity index (χ4v) is 2.74. The Morgan fingerprint density at radius 1 is 1.04 bits per heavy atom. The number of hydrogen-bond donors (Lipinski definition) is 2. The molecule has 2 aromatic carbocycles. The molecule has 3 rings (SSSR count). The number of hydrogen-bond acceptors (Lipinski definition) is 3. The van der Waals surface area contributed by atoms with E-state index in [2.05, 4.69) is 10.4 Å². The Morgan fingerprint density at radius 2 is 1.76 bits per heavy atom. The number of benzene rings is 2. The van der Waals surface area contributed by atoms with E-state index in [1.807, 2.05) is 37.3 Å². The molecule has 3 aromatic rings. The summed E-state index contributed by atoms with van der Waals surface area (Å²) in [6.45, 7) is 3.64. The third-order valence-corrected chi connectivity index (χ3v) is 3.92. The first-order valence-corrected chi connectivity index (χ1v) is 7.80. The third kappa shape index (κ3) is 3.28. The van der Waals surface area contributed by atoms with Crippen LogP contribution < -0.4 is 11.1 Å². The molecule has 1 aromatic heterocycles. The summed E-state index contributed by atoms with van der Waals surface area (Å²) in [5, 5.41) is 7.27. The Kier molecular flexibility index (Phi) is 4.35. The van der Waals surface area contributed by atoms with Gasteiger partial charge in [0.1, 0.15) is 0 Å². The van der Waals surface area contributed by atoms with Crippen LogP contribution in [-0.2, 0) is 0 Å². The molecule has 0 atom stereocenters. The fraction of sp³-hybridized carbons (Fsp3) is 0.105. The van der Waals surface area contributed by atoms with Crippen LogP contribution in [0.25, 0.3) is 5.69 Å². The number of nitrogens with two attached hydrogens (primary N) is 1. The number of nitrogens with one attached hydrogen (secondary N) is 1. The van der Waals surface area contributed by atoms with Gasteiger partial charge in [0.15, 0.2) is 0 Å². The van der Waals surface area contributed by atoms with Crippen molar-refractivity contribution in [3.05, 3.63) is 77.1 Å². The fourth-order valence-electron chi connectivity index (χ4n) is 2.74. The minimum absolute atomic E-state index is 0.279. The molecule has 2 amide bonds. The molecule has 3 N–H and O–H groups in total. The second-order valence-corrected chi connectivity index (χ2v) is 5.69. The lowest BCUT2D eigenvalue weighted by molar-refractivity contribution is 0.0996. The number of anilines is 1. The quantitative estimate of drug-likeness (QED) is 0.769.